The molecule has 6 heteroatoms. The quantitative estimate of drug-likeness (QED) is 0.466. The molecule has 3 atom stereocenters. The molecule has 5 nitrogen and oxygen atoms in total. The predicted molar refractivity (Wildman–Crippen MR) is 103 cm³/mol. The van der Waals surface area contributed by atoms with E-state index in [9.17, 15) is 4.79 Å². The molecular weight excluding hydrogens is 368 g/mol. The Labute approximate surface area is 153 Å². The first-order chi connectivity index (χ1) is 11.5. The lowest BCUT2D eigenvalue weighted by atomic mass is 9.99. The van der Waals surface area contributed by atoms with E-state index < -0.39 is 0 Å². The van der Waals surface area contributed by atoms with E-state index in [4.69, 9.17) is 0 Å². The molecule has 1 aromatic carbocycles. The average molecular weight is 397 g/mol. The fourth-order valence-corrected chi connectivity index (χ4v) is 4.11. The van der Waals surface area contributed by atoms with E-state index in [1.807, 2.05) is 6.07 Å². The number of anilines is 1. The Morgan fingerprint density at radius 3 is 2.58 bits per heavy atom. The lowest BCUT2D eigenvalue weighted by Gasteiger charge is -2.23. The van der Waals surface area contributed by atoms with Crippen molar-refractivity contribution in [2.45, 2.75) is 44.1 Å². The number of nitrogens with one attached hydrogen (secondary N) is 3. The first-order valence-electron chi connectivity index (χ1n) is 8.77. The molecule has 0 aliphatic carbocycles. The molecule has 2 rings (SSSR count). The van der Waals surface area contributed by atoms with Gasteiger partial charge in [-0.25, -0.2) is 5.43 Å². The molecule has 3 N–H and O–H groups in total. The van der Waals surface area contributed by atoms with Crippen molar-refractivity contribution in [1.82, 2.24) is 16.2 Å². The summed E-state index contributed by atoms with van der Waals surface area (Å²) >= 11 is 3.65. The number of carbonyl (C=O) groups is 1. The molecule has 1 aromatic rings. The zero-order valence-corrected chi connectivity index (χ0v) is 16.3. The molecule has 0 aromatic heterocycles. The number of rotatable bonds is 8. The summed E-state index contributed by atoms with van der Waals surface area (Å²) in [5.74, 6) is 0.513. The molecule has 24 heavy (non-hydrogen) atoms. The number of nitrogens with zero attached hydrogens (tertiary/aromatic N) is 1. The van der Waals surface area contributed by atoms with Gasteiger partial charge in [0, 0.05) is 31.4 Å². The van der Waals surface area contributed by atoms with Gasteiger partial charge >= 0.3 is 0 Å². The molecular formula is C18H29BrN4O. The van der Waals surface area contributed by atoms with Crippen LogP contribution >= 0.6 is 15.9 Å². The Morgan fingerprint density at radius 2 is 2.00 bits per heavy atom. The van der Waals surface area contributed by atoms with Gasteiger partial charge in [0.05, 0.1) is 4.83 Å². The summed E-state index contributed by atoms with van der Waals surface area (Å²) < 4.78 is 0. The van der Waals surface area contributed by atoms with Crippen molar-refractivity contribution in [3.05, 3.63) is 30.3 Å². The summed E-state index contributed by atoms with van der Waals surface area (Å²) in [6.45, 7) is 9.04. The normalized spacial score (nSPS) is 23.5. The number of carbonyl (C=O) groups excluding carboxylic acids is 1. The zero-order valence-electron chi connectivity index (χ0n) is 14.8. The van der Waals surface area contributed by atoms with Gasteiger partial charge in [0.2, 0.25) is 5.91 Å². The second-order valence-electron chi connectivity index (χ2n) is 6.54. The van der Waals surface area contributed by atoms with E-state index in [2.05, 4.69) is 82.0 Å². The summed E-state index contributed by atoms with van der Waals surface area (Å²) in [4.78, 5) is 14.8. The number of hydrogen-bond acceptors (Lipinski definition) is 4. The zero-order chi connectivity index (χ0) is 17.5. The van der Waals surface area contributed by atoms with Gasteiger partial charge in [-0.15, -0.1) is 0 Å². The van der Waals surface area contributed by atoms with E-state index in [0.29, 0.717) is 12.5 Å². The molecule has 1 amide bonds. The van der Waals surface area contributed by atoms with Crippen LogP contribution in [0, 0.1) is 5.92 Å². The van der Waals surface area contributed by atoms with E-state index >= 15 is 0 Å². The standard InChI is InChI=1S/C18H29BrN4O/c1-4-23(14-9-6-5-7-10-14)12-8-11-20-18(24)17-15(19)16(13(2)3)21-22-17/h5-7,9-10,13,15-17,21-22H,4,8,11-12H2,1-3H3,(H,20,24). The topological polar surface area (TPSA) is 56.4 Å². The van der Waals surface area contributed by atoms with Gasteiger partial charge in [0.1, 0.15) is 6.04 Å². The van der Waals surface area contributed by atoms with Crippen LogP contribution in [0.25, 0.3) is 0 Å². The molecule has 134 valence electrons. The third-order valence-corrected chi connectivity index (χ3v) is 5.57. The van der Waals surface area contributed by atoms with Crippen molar-refractivity contribution in [3.8, 4) is 0 Å². The van der Waals surface area contributed by atoms with E-state index in [-0.39, 0.29) is 22.8 Å². The summed E-state index contributed by atoms with van der Waals surface area (Å²) in [5, 5.41) is 3.05. The van der Waals surface area contributed by atoms with E-state index in [1.165, 1.54) is 5.69 Å². The maximum absolute atomic E-state index is 12.4. The van der Waals surface area contributed by atoms with Gasteiger partial charge in [-0.1, -0.05) is 48.0 Å². The SMILES string of the molecule is CCN(CCCNC(=O)C1NNC(C(C)C)C1Br)c1ccccc1. The molecule has 0 spiro atoms. The number of hydrazine groups is 1. The minimum Gasteiger partial charge on any atom is -0.372 e. The first kappa shape index (κ1) is 19.2. The van der Waals surface area contributed by atoms with Crippen LogP contribution in [0.1, 0.15) is 27.2 Å². The molecule has 0 radical (unpaired) electrons. The van der Waals surface area contributed by atoms with Gasteiger partial charge in [-0.2, -0.15) is 0 Å². The third-order valence-electron chi connectivity index (χ3n) is 4.47. The smallest absolute Gasteiger partial charge is 0.239 e. The maximum atomic E-state index is 12.4. The van der Waals surface area contributed by atoms with Crippen molar-refractivity contribution in [2.75, 3.05) is 24.5 Å². The van der Waals surface area contributed by atoms with Gasteiger partial charge in [0.15, 0.2) is 0 Å². The first-order valence-corrected chi connectivity index (χ1v) is 9.69. The highest BCUT2D eigenvalue weighted by molar-refractivity contribution is 9.09. The summed E-state index contributed by atoms with van der Waals surface area (Å²) in [5.41, 5.74) is 7.54. The summed E-state index contributed by atoms with van der Waals surface area (Å²) in [6.07, 6.45) is 0.926. The van der Waals surface area contributed by atoms with E-state index in [0.717, 1.165) is 19.5 Å². The van der Waals surface area contributed by atoms with Crippen molar-refractivity contribution < 1.29 is 4.79 Å². The van der Waals surface area contributed by atoms with Crippen LogP contribution in [0.15, 0.2) is 30.3 Å². The highest BCUT2D eigenvalue weighted by atomic mass is 79.9. The van der Waals surface area contributed by atoms with Crippen LogP contribution in [0.2, 0.25) is 0 Å². The highest BCUT2D eigenvalue weighted by Gasteiger charge is 2.39. The second-order valence-corrected chi connectivity index (χ2v) is 7.60. The van der Waals surface area contributed by atoms with Crippen molar-refractivity contribution in [1.29, 1.82) is 0 Å². The Morgan fingerprint density at radius 1 is 1.29 bits per heavy atom. The number of hydrogen-bond donors (Lipinski definition) is 3. The second kappa shape index (κ2) is 9.39. The molecule has 1 fully saturated rings. The molecule has 0 bridgehead atoms. The van der Waals surface area contributed by atoms with Crippen molar-refractivity contribution >= 4 is 27.5 Å². The lowest BCUT2D eigenvalue weighted by molar-refractivity contribution is -0.122. The number of amides is 1. The fraction of sp³-hybridized carbons (Fsp3) is 0.611. The molecule has 1 aliphatic heterocycles. The lowest BCUT2D eigenvalue weighted by Crippen LogP contribution is -2.46. The maximum Gasteiger partial charge on any atom is 0.239 e. The van der Waals surface area contributed by atoms with Gasteiger partial charge in [-0.05, 0) is 31.4 Å². The largest absolute Gasteiger partial charge is 0.372 e. The number of para-hydroxylation sites is 1. The Balaban J connectivity index is 1.73. The van der Waals surface area contributed by atoms with Gasteiger partial charge in [0.25, 0.3) is 0 Å². The van der Waals surface area contributed by atoms with Crippen LogP contribution < -0.4 is 21.1 Å². The average Bonchev–Trinajstić information content (AvgIpc) is 2.97. The fourth-order valence-electron chi connectivity index (χ4n) is 3.00. The summed E-state index contributed by atoms with van der Waals surface area (Å²) in [7, 11) is 0. The molecule has 3 unspecified atom stereocenters. The molecule has 1 aliphatic rings. The predicted octanol–water partition coefficient (Wildman–Crippen LogP) is 2.28. The van der Waals surface area contributed by atoms with Crippen molar-refractivity contribution in [2.24, 2.45) is 5.92 Å². The minimum atomic E-state index is -0.228. The van der Waals surface area contributed by atoms with Crippen LogP contribution in [0.5, 0.6) is 0 Å². The van der Waals surface area contributed by atoms with Crippen molar-refractivity contribution in [3.63, 3.8) is 0 Å². The third kappa shape index (κ3) is 4.94. The van der Waals surface area contributed by atoms with Crippen LogP contribution in [-0.4, -0.2) is 42.5 Å². The molecule has 1 saturated heterocycles. The number of halogens is 1. The highest BCUT2D eigenvalue weighted by Crippen LogP contribution is 2.21. The Kier molecular flexibility index (Phi) is 7.52. The Hall–Kier alpha value is -1.11. The number of benzene rings is 1. The minimum absolute atomic E-state index is 0.0512. The summed E-state index contributed by atoms with van der Waals surface area (Å²) in [6, 6.07) is 10.4. The Bertz CT molecular complexity index is 511. The monoisotopic (exact) mass is 396 g/mol. The molecule has 0 saturated carbocycles. The van der Waals surface area contributed by atoms with Gasteiger partial charge in [-0.3, -0.25) is 10.2 Å². The number of alkyl halides is 1. The van der Waals surface area contributed by atoms with E-state index in [1.54, 1.807) is 0 Å². The van der Waals surface area contributed by atoms with Crippen LogP contribution in [-0.2, 0) is 4.79 Å². The molecule has 1 heterocycles. The van der Waals surface area contributed by atoms with Gasteiger partial charge < -0.3 is 10.2 Å². The van der Waals surface area contributed by atoms with Crippen LogP contribution in [0.4, 0.5) is 5.69 Å². The van der Waals surface area contributed by atoms with Crippen LogP contribution in [0.3, 0.4) is 0 Å².